The average molecular weight is 393 g/mol. The summed E-state index contributed by atoms with van der Waals surface area (Å²) in [5, 5.41) is 6.52. The minimum Gasteiger partial charge on any atom is -0.356 e. The Hall–Kier alpha value is -0.850. The van der Waals surface area contributed by atoms with Gasteiger partial charge in [-0.25, -0.2) is 4.39 Å². The Bertz CT molecular complexity index is 422. The normalized spacial score (nSPS) is 10.9. The molecule has 0 amide bonds. The van der Waals surface area contributed by atoms with E-state index in [4.69, 9.17) is 0 Å². The monoisotopic (exact) mass is 393 g/mol. The molecule has 3 nitrogen and oxygen atoms in total. The van der Waals surface area contributed by atoms with Crippen molar-refractivity contribution in [2.24, 2.45) is 4.99 Å². The lowest BCUT2D eigenvalue weighted by Crippen LogP contribution is -2.38. The predicted molar refractivity (Wildman–Crippen MR) is 94.5 cm³/mol. The van der Waals surface area contributed by atoms with E-state index in [-0.39, 0.29) is 29.8 Å². The van der Waals surface area contributed by atoms with Crippen LogP contribution in [0.5, 0.6) is 0 Å². The molecule has 0 atom stereocenters. The van der Waals surface area contributed by atoms with Crippen LogP contribution in [0.4, 0.5) is 4.39 Å². The summed E-state index contributed by atoms with van der Waals surface area (Å²) in [6, 6.07) is 4.93. The highest BCUT2D eigenvalue weighted by molar-refractivity contribution is 14.0. The van der Waals surface area contributed by atoms with Crippen LogP contribution in [0, 0.1) is 12.7 Å². The first-order valence-electron chi connectivity index (χ1n) is 6.87. The summed E-state index contributed by atoms with van der Waals surface area (Å²) in [4.78, 5) is 4.16. The molecule has 20 heavy (non-hydrogen) atoms. The summed E-state index contributed by atoms with van der Waals surface area (Å²) in [6.45, 7) is 5.83. The number of halogens is 2. The van der Waals surface area contributed by atoms with Gasteiger partial charge < -0.3 is 10.6 Å². The molecule has 0 fully saturated rings. The van der Waals surface area contributed by atoms with Crippen LogP contribution in [0.3, 0.4) is 0 Å². The van der Waals surface area contributed by atoms with Crippen molar-refractivity contribution >= 4 is 29.9 Å². The summed E-state index contributed by atoms with van der Waals surface area (Å²) in [6.07, 6.45) is 3.16. The number of rotatable bonds is 6. The molecule has 5 heteroatoms. The van der Waals surface area contributed by atoms with E-state index in [0.717, 1.165) is 43.0 Å². The molecule has 0 aliphatic carbocycles. The van der Waals surface area contributed by atoms with E-state index < -0.39 is 0 Å². The van der Waals surface area contributed by atoms with Crippen molar-refractivity contribution < 1.29 is 4.39 Å². The summed E-state index contributed by atoms with van der Waals surface area (Å²) < 4.78 is 13.0. The van der Waals surface area contributed by atoms with Crippen molar-refractivity contribution in [3.63, 3.8) is 0 Å². The average Bonchev–Trinajstić information content (AvgIpc) is 2.39. The molecule has 0 radical (unpaired) electrons. The van der Waals surface area contributed by atoms with Crippen molar-refractivity contribution in [3.05, 3.63) is 35.1 Å². The number of aryl methyl sites for hydroxylation is 1. The van der Waals surface area contributed by atoms with E-state index in [1.807, 2.05) is 13.0 Å². The smallest absolute Gasteiger partial charge is 0.190 e. The maximum atomic E-state index is 13.0. The maximum Gasteiger partial charge on any atom is 0.190 e. The highest BCUT2D eigenvalue weighted by atomic mass is 127. The Morgan fingerprint density at radius 2 is 1.95 bits per heavy atom. The van der Waals surface area contributed by atoms with Crippen molar-refractivity contribution in [3.8, 4) is 0 Å². The molecule has 0 unspecified atom stereocenters. The van der Waals surface area contributed by atoms with Crippen LogP contribution in [0.2, 0.25) is 0 Å². The van der Waals surface area contributed by atoms with Crippen molar-refractivity contribution in [2.75, 3.05) is 20.1 Å². The Labute approximate surface area is 138 Å². The van der Waals surface area contributed by atoms with E-state index in [9.17, 15) is 4.39 Å². The molecule has 0 aliphatic rings. The Balaban J connectivity index is 0.00000361. The zero-order valence-corrected chi connectivity index (χ0v) is 14.8. The fourth-order valence-corrected chi connectivity index (χ4v) is 1.86. The molecule has 1 aromatic rings. The molecule has 0 aromatic heterocycles. The number of guanidine groups is 1. The molecule has 0 aliphatic heterocycles. The maximum absolute atomic E-state index is 13.0. The number of aliphatic imine (C=N–C) groups is 1. The van der Waals surface area contributed by atoms with Gasteiger partial charge in [-0.15, -0.1) is 24.0 Å². The first-order valence-corrected chi connectivity index (χ1v) is 6.87. The highest BCUT2D eigenvalue weighted by Gasteiger charge is 2.01. The molecule has 0 heterocycles. The molecule has 114 valence electrons. The lowest BCUT2D eigenvalue weighted by Gasteiger charge is -2.12. The largest absolute Gasteiger partial charge is 0.356 e. The van der Waals surface area contributed by atoms with Gasteiger partial charge >= 0.3 is 0 Å². The van der Waals surface area contributed by atoms with Crippen LogP contribution in [-0.2, 0) is 6.42 Å². The number of benzene rings is 1. The number of nitrogens with one attached hydrogen (secondary N) is 2. The van der Waals surface area contributed by atoms with Crippen LogP contribution >= 0.6 is 24.0 Å². The molecular formula is C15H25FIN3. The number of hydrogen-bond acceptors (Lipinski definition) is 1. The summed E-state index contributed by atoms with van der Waals surface area (Å²) in [5.41, 5.74) is 2.16. The third kappa shape index (κ3) is 7.07. The topological polar surface area (TPSA) is 36.4 Å². The van der Waals surface area contributed by atoms with Crippen LogP contribution in [0.1, 0.15) is 30.9 Å². The molecule has 1 aromatic carbocycles. The van der Waals surface area contributed by atoms with Gasteiger partial charge in [0, 0.05) is 20.1 Å². The molecular weight excluding hydrogens is 368 g/mol. The summed E-state index contributed by atoms with van der Waals surface area (Å²) >= 11 is 0. The zero-order chi connectivity index (χ0) is 14.1. The zero-order valence-electron chi connectivity index (χ0n) is 12.5. The van der Waals surface area contributed by atoms with E-state index in [1.54, 1.807) is 13.1 Å². The second kappa shape index (κ2) is 10.9. The lowest BCUT2D eigenvalue weighted by molar-refractivity contribution is 0.625. The van der Waals surface area contributed by atoms with Gasteiger partial charge in [0.1, 0.15) is 5.82 Å². The summed E-state index contributed by atoms with van der Waals surface area (Å²) in [5.74, 6) is 0.652. The Morgan fingerprint density at radius 3 is 2.55 bits per heavy atom. The summed E-state index contributed by atoms with van der Waals surface area (Å²) in [7, 11) is 1.77. The first-order chi connectivity index (χ1) is 9.17. The van der Waals surface area contributed by atoms with Crippen LogP contribution in [0.25, 0.3) is 0 Å². The highest BCUT2D eigenvalue weighted by Crippen LogP contribution is 2.10. The second-order valence-corrected chi connectivity index (χ2v) is 4.60. The van der Waals surface area contributed by atoms with Gasteiger partial charge in [-0.05, 0) is 43.0 Å². The molecule has 0 saturated heterocycles. The van der Waals surface area contributed by atoms with E-state index >= 15 is 0 Å². The standard InChI is InChI=1S/C15H24FN3.HI/c1-4-5-9-18-15(17-3)19-10-8-13-6-7-14(16)11-12(13)2;/h6-7,11H,4-5,8-10H2,1-3H3,(H2,17,18,19);1H. The third-order valence-corrected chi connectivity index (χ3v) is 3.04. The fourth-order valence-electron chi connectivity index (χ4n) is 1.86. The van der Waals surface area contributed by atoms with Gasteiger partial charge in [0.25, 0.3) is 0 Å². The molecule has 1 rings (SSSR count). The molecule has 0 saturated carbocycles. The third-order valence-electron chi connectivity index (χ3n) is 3.04. The predicted octanol–water partition coefficient (Wildman–Crippen LogP) is 3.26. The Kier molecular flexibility index (Phi) is 10.4. The molecule has 0 bridgehead atoms. The quantitative estimate of drug-likeness (QED) is 0.337. The second-order valence-electron chi connectivity index (χ2n) is 4.60. The SMILES string of the molecule is CCCCNC(=NC)NCCc1ccc(F)cc1C.I. The number of nitrogens with zero attached hydrogens (tertiary/aromatic N) is 1. The van der Waals surface area contributed by atoms with Gasteiger partial charge in [-0.1, -0.05) is 19.4 Å². The number of unbranched alkanes of at least 4 members (excludes halogenated alkanes) is 1. The van der Waals surface area contributed by atoms with Gasteiger partial charge in [-0.2, -0.15) is 0 Å². The van der Waals surface area contributed by atoms with E-state index in [1.165, 1.54) is 12.5 Å². The van der Waals surface area contributed by atoms with Crippen molar-refractivity contribution in [1.29, 1.82) is 0 Å². The van der Waals surface area contributed by atoms with Crippen molar-refractivity contribution in [1.82, 2.24) is 10.6 Å². The molecule has 0 spiro atoms. The van der Waals surface area contributed by atoms with Crippen LogP contribution in [0.15, 0.2) is 23.2 Å². The lowest BCUT2D eigenvalue weighted by atomic mass is 10.1. The van der Waals surface area contributed by atoms with Gasteiger partial charge in [0.2, 0.25) is 0 Å². The van der Waals surface area contributed by atoms with Gasteiger partial charge in [-0.3, -0.25) is 4.99 Å². The Morgan fingerprint density at radius 1 is 1.25 bits per heavy atom. The van der Waals surface area contributed by atoms with E-state index in [0.29, 0.717) is 0 Å². The van der Waals surface area contributed by atoms with Crippen LogP contribution < -0.4 is 10.6 Å². The minimum absolute atomic E-state index is 0. The van der Waals surface area contributed by atoms with Crippen molar-refractivity contribution in [2.45, 2.75) is 33.1 Å². The fraction of sp³-hybridized carbons (Fsp3) is 0.533. The number of hydrogen-bond donors (Lipinski definition) is 2. The first kappa shape index (κ1) is 19.1. The van der Waals surface area contributed by atoms with Gasteiger partial charge in [0.15, 0.2) is 5.96 Å². The minimum atomic E-state index is -0.175. The van der Waals surface area contributed by atoms with Crippen LogP contribution in [-0.4, -0.2) is 26.1 Å². The van der Waals surface area contributed by atoms with Gasteiger partial charge in [0.05, 0.1) is 0 Å². The molecule has 2 N–H and O–H groups in total. The van der Waals surface area contributed by atoms with E-state index in [2.05, 4.69) is 22.5 Å².